The number of nitrogens with two attached hydrogens (primary N) is 1. The van der Waals surface area contributed by atoms with Crippen molar-refractivity contribution in [3.8, 4) is 0 Å². The van der Waals surface area contributed by atoms with Gasteiger partial charge in [-0.15, -0.1) is 0 Å². The zero-order chi connectivity index (χ0) is 23.3. The lowest BCUT2D eigenvalue weighted by molar-refractivity contribution is -0.123. The molecule has 176 valence electrons. The van der Waals surface area contributed by atoms with Crippen molar-refractivity contribution in [1.82, 2.24) is 19.6 Å². The summed E-state index contributed by atoms with van der Waals surface area (Å²) in [5.74, 6) is 0.951. The molecule has 1 aliphatic heterocycles. The van der Waals surface area contributed by atoms with E-state index in [0.29, 0.717) is 54.6 Å². The van der Waals surface area contributed by atoms with E-state index in [1.165, 1.54) is 19.3 Å². The van der Waals surface area contributed by atoms with E-state index in [4.69, 9.17) is 5.73 Å². The molecule has 3 amide bonds. The van der Waals surface area contributed by atoms with Crippen LogP contribution < -0.4 is 11.1 Å². The Morgan fingerprint density at radius 2 is 2.03 bits per heavy atom. The van der Waals surface area contributed by atoms with E-state index in [9.17, 15) is 14.4 Å². The molecule has 2 bridgehead atoms. The number of carbonyl (C=O) groups excluding carboxylic acids is 3. The molecule has 4 aliphatic rings. The molecule has 4 atom stereocenters. The first-order valence-electron chi connectivity index (χ1n) is 12.1. The third-order valence-corrected chi connectivity index (χ3v) is 8.58. The Morgan fingerprint density at radius 1 is 1.21 bits per heavy atom. The summed E-state index contributed by atoms with van der Waals surface area (Å²) >= 11 is 0. The van der Waals surface area contributed by atoms with Gasteiger partial charge in [0.2, 0.25) is 5.91 Å². The number of primary amides is 1. The number of amides is 3. The average molecular weight is 452 g/mol. The first kappa shape index (κ1) is 21.9. The third-order valence-electron chi connectivity index (χ3n) is 8.58. The fourth-order valence-corrected chi connectivity index (χ4v) is 6.38. The van der Waals surface area contributed by atoms with Crippen molar-refractivity contribution in [3.63, 3.8) is 0 Å². The molecule has 0 aromatic carbocycles. The molecule has 3 heterocycles. The molecule has 2 aromatic heterocycles. The topological polar surface area (TPSA) is 110 Å². The number of rotatable bonds is 5. The van der Waals surface area contributed by atoms with Gasteiger partial charge in [-0.2, -0.15) is 0 Å². The van der Waals surface area contributed by atoms with Gasteiger partial charge in [0.25, 0.3) is 11.8 Å². The number of nitrogens with zero attached hydrogens (tertiary/aromatic N) is 3. The van der Waals surface area contributed by atoms with E-state index in [0.717, 1.165) is 12.3 Å². The van der Waals surface area contributed by atoms with Crippen LogP contribution in [0.25, 0.3) is 5.65 Å². The van der Waals surface area contributed by atoms with Gasteiger partial charge in [0.15, 0.2) is 0 Å². The van der Waals surface area contributed by atoms with E-state index < -0.39 is 0 Å². The van der Waals surface area contributed by atoms with Gasteiger partial charge in [-0.25, -0.2) is 4.98 Å². The van der Waals surface area contributed by atoms with Crippen molar-refractivity contribution in [2.75, 3.05) is 19.6 Å². The zero-order valence-corrected chi connectivity index (χ0v) is 19.4. The van der Waals surface area contributed by atoms with Crippen LogP contribution in [-0.4, -0.2) is 51.6 Å². The lowest BCUT2D eigenvalue weighted by Crippen LogP contribution is -2.54. The summed E-state index contributed by atoms with van der Waals surface area (Å²) in [4.78, 5) is 43.8. The second-order valence-corrected chi connectivity index (χ2v) is 10.7. The number of carbonyl (C=O) groups is 3. The molecular formula is C25H33N5O3. The van der Waals surface area contributed by atoms with Crippen LogP contribution in [-0.2, 0) is 4.79 Å². The molecule has 33 heavy (non-hydrogen) atoms. The van der Waals surface area contributed by atoms with Crippen LogP contribution in [0.5, 0.6) is 0 Å². The summed E-state index contributed by atoms with van der Waals surface area (Å²) in [6, 6.07) is 5.33. The second-order valence-electron chi connectivity index (χ2n) is 10.7. The SMILES string of the molecule is CC1(C)[C@H]2CC[C@@H](CNC(=O)c3cccc4nc(C(=O)N5CCCC(C(N)=O)C5)cn34)[C@H]1C2. The molecule has 2 aromatic rings. The molecule has 6 rings (SSSR count). The maximum absolute atomic E-state index is 13.1. The highest BCUT2D eigenvalue weighted by molar-refractivity contribution is 5.96. The molecule has 8 heteroatoms. The molecule has 8 nitrogen and oxygen atoms in total. The van der Waals surface area contributed by atoms with Gasteiger partial charge in [-0.1, -0.05) is 19.9 Å². The minimum absolute atomic E-state index is 0.150. The molecule has 1 unspecified atom stereocenters. The summed E-state index contributed by atoms with van der Waals surface area (Å²) in [5, 5.41) is 3.14. The Hall–Kier alpha value is -2.90. The second kappa shape index (κ2) is 8.15. The Labute approximate surface area is 193 Å². The average Bonchev–Trinajstić information content (AvgIpc) is 3.26. The van der Waals surface area contributed by atoms with Crippen molar-refractivity contribution in [3.05, 3.63) is 35.8 Å². The molecule has 4 fully saturated rings. The molecule has 1 saturated heterocycles. The molecule has 3 aliphatic carbocycles. The van der Waals surface area contributed by atoms with Gasteiger partial charge in [0.05, 0.1) is 5.92 Å². The van der Waals surface area contributed by atoms with E-state index in [2.05, 4.69) is 24.1 Å². The number of fused-ring (bicyclic) bond motifs is 3. The standard InChI is InChI=1S/C25H33N5O3/c1-25(2)17-9-8-15(18(25)11-17)12-27-23(32)20-6-3-7-21-28-19(14-30(20)21)24(33)29-10-4-5-16(13-29)22(26)31/h3,6-7,14-18H,4-5,8-13H2,1-2H3,(H2,26,31)(H,27,32)/t15-,16?,17-,18+/m0/s1. The number of pyridine rings is 1. The van der Waals surface area contributed by atoms with E-state index in [1.54, 1.807) is 33.7 Å². The number of nitrogens with one attached hydrogen (secondary N) is 1. The van der Waals surface area contributed by atoms with E-state index >= 15 is 0 Å². The van der Waals surface area contributed by atoms with Gasteiger partial charge in [0.1, 0.15) is 17.0 Å². The summed E-state index contributed by atoms with van der Waals surface area (Å²) in [6.45, 7) is 6.29. The predicted octanol–water partition coefficient (Wildman–Crippen LogP) is 2.47. The number of hydrogen-bond donors (Lipinski definition) is 2. The minimum Gasteiger partial charge on any atom is -0.369 e. The molecule has 3 N–H and O–H groups in total. The third kappa shape index (κ3) is 3.79. The number of imidazole rings is 1. The normalized spacial score (nSPS) is 28.2. The van der Waals surface area contributed by atoms with Crippen molar-refractivity contribution in [2.24, 2.45) is 34.8 Å². The first-order valence-corrected chi connectivity index (χ1v) is 12.1. The highest BCUT2D eigenvalue weighted by Crippen LogP contribution is 2.61. The van der Waals surface area contributed by atoms with Crippen molar-refractivity contribution in [2.45, 2.75) is 46.0 Å². The van der Waals surface area contributed by atoms with Crippen molar-refractivity contribution in [1.29, 1.82) is 0 Å². The van der Waals surface area contributed by atoms with Crippen LogP contribution in [0, 0.1) is 29.1 Å². The smallest absolute Gasteiger partial charge is 0.274 e. The maximum atomic E-state index is 13.1. The number of aromatic nitrogens is 2. The lowest BCUT2D eigenvalue weighted by Gasteiger charge is -2.60. The van der Waals surface area contributed by atoms with Crippen molar-refractivity contribution < 1.29 is 14.4 Å². The van der Waals surface area contributed by atoms with E-state index in [1.807, 2.05) is 0 Å². The fraction of sp³-hybridized carbons (Fsp3) is 0.600. The first-order chi connectivity index (χ1) is 15.8. The van der Waals surface area contributed by atoms with Gasteiger partial charge in [-0.3, -0.25) is 18.8 Å². The Kier molecular flexibility index (Phi) is 5.41. The van der Waals surface area contributed by atoms with Crippen LogP contribution in [0.4, 0.5) is 0 Å². The Morgan fingerprint density at radius 3 is 2.76 bits per heavy atom. The van der Waals surface area contributed by atoms with Crippen LogP contribution in [0.1, 0.15) is 66.9 Å². The Balaban J connectivity index is 1.30. The Bertz CT molecular complexity index is 1100. The van der Waals surface area contributed by atoms with E-state index in [-0.39, 0.29) is 29.3 Å². The molecular weight excluding hydrogens is 418 g/mol. The lowest BCUT2D eigenvalue weighted by atomic mass is 9.45. The maximum Gasteiger partial charge on any atom is 0.274 e. The summed E-state index contributed by atoms with van der Waals surface area (Å²) in [7, 11) is 0. The molecule has 0 spiro atoms. The number of likely N-dealkylation sites (tertiary alicyclic amines) is 1. The minimum atomic E-state index is -0.375. The van der Waals surface area contributed by atoms with Gasteiger partial charge >= 0.3 is 0 Å². The highest BCUT2D eigenvalue weighted by atomic mass is 16.2. The summed E-state index contributed by atoms with van der Waals surface area (Å²) in [5.41, 5.74) is 7.12. The number of piperidine rings is 1. The summed E-state index contributed by atoms with van der Waals surface area (Å²) < 4.78 is 1.68. The van der Waals surface area contributed by atoms with Crippen LogP contribution in [0.3, 0.4) is 0 Å². The monoisotopic (exact) mass is 451 g/mol. The zero-order valence-electron chi connectivity index (χ0n) is 19.4. The largest absolute Gasteiger partial charge is 0.369 e. The summed E-state index contributed by atoms with van der Waals surface area (Å²) in [6.07, 6.45) is 6.77. The quantitative estimate of drug-likeness (QED) is 0.728. The molecule has 3 saturated carbocycles. The molecule has 0 radical (unpaired) electrons. The predicted molar refractivity (Wildman–Crippen MR) is 123 cm³/mol. The van der Waals surface area contributed by atoms with Gasteiger partial charge < -0.3 is 16.0 Å². The van der Waals surface area contributed by atoms with Gasteiger partial charge in [-0.05, 0) is 67.4 Å². The number of hydrogen-bond acceptors (Lipinski definition) is 4. The van der Waals surface area contributed by atoms with Gasteiger partial charge in [0, 0.05) is 25.8 Å². The van der Waals surface area contributed by atoms with Crippen LogP contribution >= 0.6 is 0 Å². The van der Waals surface area contributed by atoms with Crippen LogP contribution in [0.2, 0.25) is 0 Å². The van der Waals surface area contributed by atoms with Crippen LogP contribution in [0.15, 0.2) is 24.4 Å². The fourth-order valence-electron chi connectivity index (χ4n) is 6.38. The highest BCUT2D eigenvalue weighted by Gasteiger charge is 2.53. The van der Waals surface area contributed by atoms with Crippen molar-refractivity contribution >= 4 is 23.4 Å².